The number of halogens is 1. The van der Waals surface area contributed by atoms with Gasteiger partial charge in [-0.25, -0.2) is 4.79 Å². The third-order valence-corrected chi connectivity index (χ3v) is 7.58. The highest BCUT2D eigenvalue weighted by atomic mass is 35.5. The van der Waals surface area contributed by atoms with Gasteiger partial charge in [0.1, 0.15) is 0 Å². The molecule has 1 unspecified atom stereocenters. The van der Waals surface area contributed by atoms with Gasteiger partial charge in [0.15, 0.2) is 0 Å². The van der Waals surface area contributed by atoms with Gasteiger partial charge >= 0.3 is 5.97 Å². The summed E-state index contributed by atoms with van der Waals surface area (Å²) in [6.07, 6.45) is 4.15. The van der Waals surface area contributed by atoms with Crippen molar-refractivity contribution in [3.05, 3.63) is 76.0 Å². The van der Waals surface area contributed by atoms with Crippen LogP contribution in [0.15, 0.2) is 54.2 Å². The minimum atomic E-state index is -0.561. The van der Waals surface area contributed by atoms with E-state index in [4.69, 9.17) is 21.1 Å². The van der Waals surface area contributed by atoms with Gasteiger partial charge < -0.3 is 9.47 Å². The van der Waals surface area contributed by atoms with Crippen LogP contribution in [0.4, 0.5) is 5.69 Å². The molecule has 0 bridgehead atoms. The number of aryl methyl sites for hydroxylation is 1. The van der Waals surface area contributed by atoms with Gasteiger partial charge in [-0.1, -0.05) is 44.5 Å². The Morgan fingerprint density at radius 1 is 1.14 bits per heavy atom. The van der Waals surface area contributed by atoms with Crippen molar-refractivity contribution in [2.24, 2.45) is 5.41 Å². The molecule has 0 aliphatic carbocycles. The Bertz CT molecular complexity index is 1190. The summed E-state index contributed by atoms with van der Waals surface area (Å²) in [6, 6.07) is 13.2. The van der Waals surface area contributed by atoms with Gasteiger partial charge in [-0.3, -0.25) is 9.69 Å². The van der Waals surface area contributed by atoms with Crippen molar-refractivity contribution in [1.82, 2.24) is 0 Å². The molecule has 1 saturated heterocycles. The summed E-state index contributed by atoms with van der Waals surface area (Å²) in [5.74, 6) is -0.406. The second-order valence-corrected chi connectivity index (χ2v) is 11.9. The highest BCUT2D eigenvalue weighted by Gasteiger charge is 2.54. The maximum absolute atomic E-state index is 13.5. The molecule has 0 N–H and O–H groups in total. The number of fused-ring (bicyclic) bond motifs is 1. The Morgan fingerprint density at radius 3 is 2.44 bits per heavy atom. The SMILES string of the molecule is CCOC(=O)c1ccc(N2C=C3C(C)(C)OCC3(c3ccc(CCC(C)(C)C)c(Cl)c3)CC2=O)cc1. The summed E-state index contributed by atoms with van der Waals surface area (Å²) in [7, 11) is 0. The fraction of sp³-hybridized carbons (Fsp3) is 0.467. The molecular weight excluding hydrogens is 474 g/mol. The van der Waals surface area contributed by atoms with Crippen LogP contribution < -0.4 is 4.90 Å². The van der Waals surface area contributed by atoms with E-state index in [1.165, 1.54) is 0 Å². The number of rotatable bonds is 6. The minimum Gasteiger partial charge on any atom is -0.462 e. The van der Waals surface area contributed by atoms with Crippen LogP contribution in [0.5, 0.6) is 0 Å². The number of hydrogen-bond acceptors (Lipinski definition) is 4. The number of esters is 1. The predicted octanol–water partition coefficient (Wildman–Crippen LogP) is 6.86. The third-order valence-electron chi connectivity index (χ3n) is 7.23. The fourth-order valence-electron chi connectivity index (χ4n) is 5.09. The zero-order valence-corrected chi connectivity index (χ0v) is 22.9. The van der Waals surface area contributed by atoms with Gasteiger partial charge in [0, 0.05) is 23.3 Å². The summed E-state index contributed by atoms with van der Waals surface area (Å²) in [4.78, 5) is 27.2. The number of amides is 1. The molecule has 2 aliphatic rings. The molecule has 0 spiro atoms. The van der Waals surface area contributed by atoms with Crippen molar-refractivity contribution in [2.75, 3.05) is 18.1 Å². The normalized spacial score (nSPS) is 21.2. The summed E-state index contributed by atoms with van der Waals surface area (Å²) in [5, 5.41) is 0.736. The van der Waals surface area contributed by atoms with E-state index in [0.29, 0.717) is 24.5 Å². The zero-order valence-electron chi connectivity index (χ0n) is 22.1. The Morgan fingerprint density at radius 2 is 1.83 bits per heavy atom. The lowest BCUT2D eigenvalue weighted by Crippen LogP contribution is -2.44. The summed E-state index contributed by atoms with van der Waals surface area (Å²) in [5.41, 5.74) is 3.46. The zero-order chi connectivity index (χ0) is 26.3. The number of carbonyl (C=O) groups is 2. The second-order valence-electron chi connectivity index (χ2n) is 11.5. The van der Waals surface area contributed by atoms with E-state index < -0.39 is 11.0 Å². The smallest absolute Gasteiger partial charge is 0.338 e. The molecule has 0 saturated carbocycles. The monoisotopic (exact) mass is 509 g/mol. The average molecular weight is 510 g/mol. The van der Waals surface area contributed by atoms with Gasteiger partial charge in [-0.2, -0.15) is 0 Å². The number of benzene rings is 2. The molecule has 0 aromatic heterocycles. The Hall–Kier alpha value is -2.63. The molecule has 0 radical (unpaired) electrons. The van der Waals surface area contributed by atoms with Crippen LogP contribution in [-0.4, -0.2) is 30.7 Å². The average Bonchev–Trinajstić information content (AvgIpc) is 3.08. The maximum atomic E-state index is 13.5. The van der Waals surface area contributed by atoms with Crippen LogP contribution in [0, 0.1) is 5.41 Å². The predicted molar refractivity (Wildman–Crippen MR) is 144 cm³/mol. The minimum absolute atomic E-state index is 0.0307. The van der Waals surface area contributed by atoms with E-state index in [0.717, 1.165) is 34.6 Å². The van der Waals surface area contributed by atoms with Crippen LogP contribution in [0.2, 0.25) is 5.02 Å². The lowest BCUT2D eigenvalue weighted by atomic mass is 9.68. The van der Waals surface area contributed by atoms with Crippen LogP contribution in [-0.2, 0) is 26.1 Å². The van der Waals surface area contributed by atoms with E-state index in [-0.39, 0.29) is 23.7 Å². The number of nitrogens with zero attached hydrogens (tertiary/aromatic N) is 1. The summed E-state index contributed by atoms with van der Waals surface area (Å²) < 4.78 is 11.3. The fourth-order valence-corrected chi connectivity index (χ4v) is 5.37. The van der Waals surface area contributed by atoms with E-state index in [2.05, 4.69) is 32.9 Å². The van der Waals surface area contributed by atoms with Crippen LogP contribution >= 0.6 is 11.6 Å². The van der Waals surface area contributed by atoms with Crippen molar-refractivity contribution in [1.29, 1.82) is 0 Å². The van der Waals surface area contributed by atoms with Crippen LogP contribution in [0.25, 0.3) is 0 Å². The molecule has 192 valence electrons. The highest BCUT2D eigenvalue weighted by Crippen LogP contribution is 2.52. The van der Waals surface area contributed by atoms with Gasteiger partial charge in [0.05, 0.1) is 29.8 Å². The second kappa shape index (κ2) is 9.68. The van der Waals surface area contributed by atoms with Gasteiger partial charge in [0.25, 0.3) is 0 Å². The van der Waals surface area contributed by atoms with Crippen molar-refractivity contribution >= 4 is 29.2 Å². The topological polar surface area (TPSA) is 55.8 Å². The maximum Gasteiger partial charge on any atom is 0.338 e. The molecule has 1 fully saturated rings. The third kappa shape index (κ3) is 5.09. The van der Waals surface area contributed by atoms with E-state index in [1.54, 1.807) is 36.1 Å². The Labute approximate surface area is 219 Å². The van der Waals surface area contributed by atoms with Crippen LogP contribution in [0.3, 0.4) is 0 Å². The standard InChI is InChI=1S/C30H36ClNO4/c1-7-35-27(34)21-9-12-23(13-10-21)32-18-25-29(5,6)36-19-30(25,17-26(32)33)22-11-8-20(24(31)16-22)14-15-28(2,3)4/h8-13,16,18H,7,14-15,17,19H2,1-6H3. The van der Waals surface area contributed by atoms with Gasteiger partial charge in [-0.15, -0.1) is 0 Å². The number of anilines is 1. The first-order chi connectivity index (χ1) is 16.9. The quantitative estimate of drug-likeness (QED) is 0.399. The number of ether oxygens (including phenoxy) is 2. The first kappa shape index (κ1) is 26.4. The van der Waals surface area contributed by atoms with Crippen molar-refractivity contribution in [2.45, 2.75) is 71.8 Å². The molecule has 2 aromatic carbocycles. The molecule has 1 atom stereocenters. The lowest BCUT2D eigenvalue weighted by molar-refractivity contribution is -0.119. The van der Waals surface area contributed by atoms with Gasteiger partial charge in [-0.05, 0) is 86.1 Å². The molecular formula is C30H36ClNO4. The summed E-state index contributed by atoms with van der Waals surface area (Å²) >= 11 is 6.77. The molecule has 5 nitrogen and oxygen atoms in total. The van der Waals surface area contributed by atoms with Crippen molar-refractivity contribution < 1.29 is 19.1 Å². The molecule has 2 heterocycles. The molecule has 2 aromatic rings. The number of hydrogen-bond donors (Lipinski definition) is 0. The van der Waals surface area contributed by atoms with E-state index in [1.807, 2.05) is 26.1 Å². The molecule has 6 heteroatoms. The van der Waals surface area contributed by atoms with E-state index >= 15 is 0 Å². The van der Waals surface area contributed by atoms with Gasteiger partial charge in [0.2, 0.25) is 5.91 Å². The molecule has 2 aliphatic heterocycles. The van der Waals surface area contributed by atoms with Crippen molar-refractivity contribution in [3.8, 4) is 0 Å². The molecule has 4 rings (SSSR count). The highest BCUT2D eigenvalue weighted by molar-refractivity contribution is 6.31. The molecule has 1 amide bonds. The van der Waals surface area contributed by atoms with E-state index in [9.17, 15) is 9.59 Å². The lowest BCUT2D eigenvalue weighted by Gasteiger charge is -2.39. The Balaban J connectivity index is 1.68. The van der Waals surface area contributed by atoms with Crippen molar-refractivity contribution in [3.63, 3.8) is 0 Å². The molecule has 36 heavy (non-hydrogen) atoms. The first-order valence-corrected chi connectivity index (χ1v) is 13.0. The number of carbonyl (C=O) groups excluding carboxylic acids is 2. The van der Waals surface area contributed by atoms with Crippen LogP contribution in [0.1, 0.15) is 75.9 Å². The first-order valence-electron chi connectivity index (χ1n) is 12.6. The summed E-state index contributed by atoms with van der Waals surface area (Å²) in [6.45, 7) is 13.3. The largest absolute Gasteiger partial charge is 0.462 e. The Kier molecular flexibility index (Phi) is 7.11.